The quantitative estimate of drug-likeness (QED) is 0.799. The van der Waals surface area contributed by atoms with Crippen molar-refractivity contribution in [2.24, 2.45) is 0 Å². The predicted molar refractivity (Wildman–Crippen MR) is 84.7 cm³/mol. The summed E-state index contributed by atoms with van der Waals surface area (Å²) in [6.07, 6.45) is -1.05. The molecule has 0 spiro atoms. The van der Waals surface area contributed by atoms with Crippen molar-refractivity contribution in [3.63, 3.8) is 0 Å². The van der Waals surface area contributed by atoms with Crippen LogP contribution in [-0.4, -0.2) is 30.2 Å². The van der Waals surface area contributed by atoms with Crippen molar-refractivity contribution < 1.29 is 23.6 Å². The van der Waals surface area contributed by atoms with Crippen LogP contribution < -0.4 is 9.64 Å². The number of ether oxygens (including phenoxy) is 2. The number of hydrogen-bond acceptors (Lipinski definition) is 6. The molecule has 1 amide bonds. The molecule has 24 heavy (non-hydrogen) atoms. The third-order valence-corrected chi connectivity index (χ3v) is 4.04. The Bertz CT molecular complexity index is 764. The van der Waals surface area contributed by atoms with Gasteiger partial charge in [0.05, 0.1) is 31.5 Å². The van der Waals surface area contributed by atoms with Gasteiger partial charge in [0, 0.05) is 5.56 Å². The fourth-order valence-electron chi connectivity index (χ4n) is 2.69. The molecule has 7 heteroatoms. The lowest BCUT2D eigenvalue weighted by atomic mass is 10.1. The maximum atomic E-state index is 12.8. The predicted octanol–water partition coefficient (Wildman–Crippen LogP) is 2.15. The average molecular weight is 330 g/mol. The molecule has 1 aromatic carbocycles. The highest BCUT2D eigenvalue weighted by Crippen LogP contribution is 2.36. The largest absolute Gasteiger partial charge is 0.478 e. The lowest BCUT2D eigenvalue weighted by Gasteiger charge is -2.34. The second-order valence-electron chi connectivity index (χ2n) is 5.58. The SMILES string of the molecule is COC(=O)CC1Oc2ccccc2N(Cc2c(C)noc2C)C1=O. The van der Waals surface area contributed by atoms with E-state index in [0.717, 1.165) is 11.3 Å². The van der Waals surface area contributed by atoms with E-state index >= 15 is 0 Å². The fourth-order valence-corrected chi connectivity index (χ4v) is 2.69. The number of carbonyl (C=O) groups excluding carboxylic acids is 2. The number of amides is 1. The van der Waals surface area contributed by atoms with Crippen molar-refractivity contribution in [1.82, 2.24) is 5.16 Å². The van der Waals surface area contributed by atoms with Crippen LogP contribution in [0.5, 0.6) is 5.75 Å². The Morgan fingerprint density at radius 2 is 2.08 bits per heavy atom. The van der Waals surface area contributed by atoms with Crippen molar-refractivity contribution in [1.29, 1.82) is 0 Å². The third kappa shape index (κ3) is 2.84. The zero-order chi connectivity index (χ0) is 17.3. The first-order valence-electron chi connectivity index (χ1n) is 7.57. The first-order valence-corrected chi connectivity index (χ1v) is 7.57. The summed E-state index contributed by atoms with van der Waals surface area (Å²) in [5.41, 5.74) is 2.23. The molecule has 0 saturated carbocycles. The normalized spacial score (nSPS) is 16.5. The number of aryl methyl sites for hydroxylation is 2. The van der Waals surface area contributed by atoms with E-state index in [-0.39, 0.29) is 12.3 Å². The Morgan fingerprint density at radius 1 is 1.33 bits per heavy atom. The molecule has 0 radical (unpaired) electrons. The van der Waals surface area contributed by atoms with Gasteiger partial charge in [0.2, 0.25) is 0 Å². The van der Waals surface area contributed by atoms with Gasteiger partial charge in [0.25, 0.3) is 5.91 Å². The van der Waals surface area contributed by atoms with E-state index in [1.807, 2.05) is 19.1 Å². The van der Waals surface area contributed by atoms with Gasteiger partial charge in [-0.15, -0.1) is 0 Å². The molecule has 1 unspecified atom stereocenters. The highest BCUT2D eigenvalue weighted by atomic mass is 16.5. The Morgan fingerprint density at radius 3 is 2.75 bits per heavy atom. The maximum Gasteiger partial charge on any atom is 0.309 e. The summed E-state index contributed by atoms with van der Waals surface area (Å²) in [6, 6.07) is 7.22. The molecular weight excluding hydrogens is 312 g/mol. The molecular formula is C17H18N2O5. The maximum absolute atomic E-state index is 12.8. The van der Waals surface area contributed by atoms with Crippen LogP contribution in [-0.2, 0) is 20.9 Å². The lowest BCUT2D eigenvalue weighted by Crippen LogP contribution is -2.46. The molecule has 7 nitrogen and oxygen atoms in total. The van der Waals surface area contributed by atoms with Gasteiger partial charge in [-0.25, -0.2) is 0 Å². The molecule has 2 aromatic rings. The van der Waals surface area contributed by atoms with Crippen molar-refractivity contribution in [3.8, 4) is 5.75 Å². The minimum Gasteiger partial charge on any atom is -0.478 e. The molecule has 0 bridgehead atoms. The van der Waals surface area contributed by atoms with E-state index in [2.05, 4.69) is 9.89 Å². The van der Waals surface area contributed by atoms with E-state index in [1.165, 1.54) is 7.11 Å². The minimum absolute atomic E-state index is 0.137. The van der Waals surface area contributed by atoms with Crippen molar-refractivity contribution in [3.05, 3.63) is 41.3 Å². The van der Waals surface area contributed by atoms with Crippen LogP contribution in [0.1, 0.15) is 23.4 Å². The van der Waals surface area contributed by atoms with Gasteiger partial charge >= 0.3 is 5.97 Å². The number of fused-ring (bicyclic) bond motifs is 1. The Hall–Kier alpha value is -2.83. The monoisotopic (exact) mass is 330 g/mol. The molecule has 126 valence electrons. The summed E-state index contributed by atoms with van der Waals surface area (Å²) in [6.45, 7) is 3.94. The smallest absolute Gasteiger partial charge is 0.309 e. The van der Waals surface area contributed by atoms with Crippen LogP contribution in [0.15, 0.2) is 28.8 Å². The number of anilines is 1. The molecule has 2 heterocycles. The second-order valence-corrected chi connectivity index (χ2v) is 5.58. The van der Waals surface area contributed by atoms with Crippen LogP contribution in [0.4, 0.5) is 5.69 Å². The minimum atomic E-state index is -0.909. The number of esters is 1. The van der Waals surface area contributed by atoms with Crippen LogP contribution in [0, 0.1) is 13.8 Å². The van der Waals surface area contributed by atoms with Crippen molar-refractivity contribution in [2.45, 2.75) is 32.9 Å². The number of nitrogens with zero attached hydrogens (tertiary/aromatic N) is 2. The second kappa shape index (κ2) is 6.35. The number of para-hydroxylation sites is 2. The van der Waals surface area contributed by atoms with Gasteiger partial charge in [-0.05, 0) is 26.0 Å². The average Bonchev–Trinajstić information content (AvgIpc) is 2.90. The van der Waals surface area contributed by atoms with Crippen LogP contribution in [0.3, 0.4) is 0 Å². The lowest BCUT2D eigenvalue weighted by molar-refractivity contribution is -0.145. The highest BCUT2D eigenvalue weighted by molar-refractivity contribution is 6.01. The third-order valence-electron chi connectivity index (χ3n) is 4.04. The number of hydrogen-bond donors (Lipinski definition) is 0. The van der Waals surface area contributed by atoms with Crippen molar-refractivity contribution in [2.75, 3.05) is 12.0 Å². The zero-order valence-electron chi connectivity index (χ0n) is 13.7. The topological polar surface area (TPSA) is 81.9 Å². The van der Waals surface area contributed by atoms with Crippen LogP contribution >= 0.6 is 0 Å². The summed E-state index contributed by atoms with van der Waals surface area (Å²) < 4.78 is 15.5. The number of aromatic nitrogens is 1. The van der Waals surface area contributed by atoms with Gasteiger partial charge in [-0.3, -0.25) is 9.59 Å². The van der Waals surface area contributed by atoms with Crippen molar-refractivity contribution >= 4 is 17.6 Å². The van der Waals surface area contributed by atoms with E-state index in [9.17, 15) is 9.59 Å². The molecule has 0 aliphatic carbocycles. The van der Waals surface area contributed by atoms with Crippen LogP contribution in [0.25, 0.3) is 0 Å². The van der Waals surface area contributed by atoms with Gasteiger partial charge in [-0.2, -0.15) is 0 Å². The number of carbonyl (C=O) groups is 2. The van der Waals surface area contributed by atoms with Gasteiger partial charge in [0.1, 0.15) is 11.5 Å². The first-order chi connectivity index (χ1) is 11.5. The molecule has 0 fully saturated rings. The standard InChI is InChI=1S/C17H18N2O5/c1-10-12(11(2)24-18-10)9-19-13-6-4-5-7-14(13)23-15(17(19)21)8-16(20)22-3/h4-7,15H,8-9H2,1-3H3. The molecule has 0 saturated heterocycles. The van der Waals surface area contributed by atoms with E-state index in [1.54, 1.807) is 24.0 Å². The van der Waals surface area contributed by atoms with Gasteiger partial charge in [0.15, 0.2) is 6.10 Å². The van der Waals surface area contributed by atoms with E-state index < -0.39 is 12.1 Å². The van der Waals surface area contributed by atoms with Crippen LogP contribution in [0.2, 0.25) is 0 Å². The summed E-state index contributed by atoms with van der Waals surface area (Å²) in [7, 11) is 1.28. The fraction of sp³-hybridized carbons (Fsp3) is 0.353. The molecule has 1 aromatic heterocycles. The summed E-state index contributed by atoms with van der Waals surface area (Å²) in [5, 5.41) is 3.93. The molecule has 0 N–H and O–H groups in total. The number of benzene rings is 1. The summed E-state index contributed by atoms with van der Waals surface area (Å²) in [4.78, 5) is 26.0. The first kappa shape index (κ1) is 16.0. The number of methoxy groups -OCH3 is 1. The summed E-state index contributed by atoms with van der Waals surface area (Å²) >= 11 is 0. The van der Waals surface area contributed by atoms with E-state index in [4.69, 9.17) is 9.26 Å². The Kier molecular flexibility index (Phi) is 4.24. The van der Waals surface area contributed by atoms with E-state index in [0.29, 0.717) is 23.7 Å². The summed E-state index contributed by atoms with van der Waals surface area (Å²) in [5.74, 6) is 0.427. The molecule has 1 aliphatic rings. The Labute approximate surface area is 139 Å². The number of rotatable bonds is 4. The van der Waals surface area contributed by atoms with Gasteiger partial charge in [-0.1, -0.05) is 17.3 Å². The highest BCUT2D eigenvalue weighted by Gasteiger charge is 2.36. The molecule has 3 rings (SSSR count). The Balaban J connectivity index is 1.96. The zero-order valence-corrected chi connectivity index (χ0v) is 13.7. The molecule has 1 aliphatic heterocycles. The van der Waals surface area contributed by atoms with Gasteiger partial charge < -0.3 is 18.9 Å². The molecule has 1 atom stereocenters.